The van der Waals surface area contributed by atoms with Crippen molar-refractivity contribution in [2.45, 2.75) is 31.3 Å². The zero-order valence-corrected chi connectivity index (χ0v) is 13.0. The molecule has 1 aliphatic rings. The topological polar surface area (TPSA) is 72.6 Å². The summed E-state index contributed by atoms with van der Waals surface area (Å²) in [5.74, 6) is -2.45. The van der Waals surface area contributed by atoms with Crippen LogP contribution in [0.4, 0.5) is 8.78 Å². The van der Waals surface area contributed by atoms with E-state index in [4.69, 9.17) is 10.5 Å². The molecule has 1 aliphatic heterocycles. The number of amides is 2. The monoisotopic (exact) mass is 326 g/mol. The Morgan fingerprint density at radius 1 is 1.39 bits per heavy atom. The molecule has 2 rings (SSSR count). The van der Waals surface area contributed by atoms with Crippen LogP contribution in [-0.4, -0.2) is 42.5 Å². The second-order valence-electron chi connectivity index (χ2n) is 5.81. The third kappa shape index (κ3) is 4.04. The molecule has 0 spiro atoms. The van der Waals surface area contributed by atoms with Crippen LogP contribution in [0, 0.1) is 11.6 Å². The molecule has 23 heavy (non-hydrogen) atoms. The first-order chi connectivity index (χ1) is 10.9. The molecule has 0 saturated carbocycles. The van der Waals surface area contributed by atoms with Crippen molar-refractivity contribution in [3.05, 3.63) is 35.4 Å². The minimum atomic E-state index is -0.762. The van der Waals surface area contributed by atoms with Gasteiger partial charge in [0.05, 0.1) is 11.2 Å². The summed E-state index contributed by atoms with van der Waals surface area (Å²) in [6, 6.07) is 2.79. The Labute approximate surface area is 133 Å². The molecule has 0 radical (unpaired) electrons. The van der Waals surface area contributed by atoms with Crippen molar-refractivity contribution < 1.29 is 23.1 Å². The van der Waals surface area contributed by atoms with Crippen LogP contribution < -0.4 is 5.73 Å². The fraction of sp³-hybridized carbons (Fsp3) is 0.500. The number of piperidine rings is 1. The van der Waals surface area contributed by atoms with Gasteiger partial charge in [0.15, 0.2) is 0 Å². The Balaban J connectivity index is 2.17. The van der Waals surface area contributed by atoms with Crippen LogP contribution in [-0.2, 0) is 9.53 Å². The van der Waals surface area contributed by atoms with Crippen LogP contribution in [0.3, 0.4) is 0 Å². The van der Waals surface area contributed by atoms with Crippen molar-refractivity contribution in [1.29, 1.82) is 0 Å². The summed E-state index contributed by atoms with van der Waals surface area (Å²) in [5, 5.41) is 0. The van der Waals surface area contributed by atoms with E-state index in [9.17, 15) is 18.4 Å². The summed E-state index contributed by atoms with van der Waals surface area (Å²) in [6.45, 7) is 0.641. The summed E-state index contributed by atoms with van der Waals surface area (Å²) < 4.78 is 32.6. The molecule has 2 N–H and O–H groups in total. The molecule has 1 aromatic rings. The average molecular weight is 326 g/mol. The number of methoxy groups -OCH3 is 1. The van der Waals surface area contributed by atoms with Crippen molar-refractivity contribution >= 4 is 11.8 Å². The number of ether oxygens (including phenoxy) is 1. The molecule has 0 bridgehead atoms. The Morgan fingerprint density at radius 2 is 2.13 bits per heavy atom. The molecule has 1 heterocycles. The lowest BCUT2D eigenvalue weighted by Crippen LogP contribution is -2.51. The van der Waals surface area contributed by atoms with Gasteiger partial charge in [0.1, 0.15) is 11.6 Å². The van der Waals surface area contributed by atoms with Crippen LogP contribution in [0.2, 0.25) is 0 Å². The summed E-state index contributed by atoms with van der Waals surface area (Å²) in [5.41, 5.74) is 4.19. The van der Waals surface area contributed by atoms with E-state index in [2.05, 4.69) is 0 Å². The SMILES string of the molecule is CO[C@]1(CCC(N)=O)CCCN(C(=O)c2cc(F)ccc2F)C1. The van der Waals surface area contributed by atoms with Gasteiger partial charge in [-0.25, -0.2) is 8.78 Å². The molecule has 0 aliphatic carbocycles. The largest absolute Gasteiger partial charge is 0.376 e. The fourth-order valence-electron chi connectivity index (χ4n) is 2.93. The van der Waals surface area contributed by atoms with E-state index in [0.29, 0.717) is 25.8 Å². The highest BCUT2D eigenvalue weighted by Crippen LogP contribution is 2.30. The van der Waals surface area contributed by atoms with Crippen LogP contribution in [0.25, 0.3) is 0 Å². The molecule has 1 atom stereocenters. The number of halogens is 2. The second-order valence-corrected chi connectivity index (χ2v) is 5.81. The maximum absolute atomic E-state index is 13.8. The van der Waals surface area contributed by atoms with Gasteiger partial charge in [-0.1, -0.05) is 0 Å². The standard InChI is InChI=1S/C16H20F2N2O3/c1-23-16(7-5-14(19)21)6-2-8-20(10-16)15(22)12-9-11(17)3-4-13(12)18/h3-4,9H,2,5-8,10H2,1H3,(H2,19,21)/t16-/m0/s1. The van der Waals surface area contributed by atoms with Gasteiger partial charge in [0.25, 0.3) is 5.91 Å². The van der Waals surface area contributed by atoms with Crippen LogP contribution in [0.5, 0.6) is 0 Å². The number of benzene rings is 1. The number of carbonyl (C=O) groups is 2. The van der Waals surface area contributed by atoms with E-state index in [1.54, 1.807) is 0 Å². The first-order valence-corrected chi connectivity index (χ1v) is 7.45. The molecule has 126 valence electrons. The van der Waals surface area contributed by atoms with E-state index in [0.717, 1.165) is 18.2 Å². The van der Waals surface area contributed by atoms with Crippen molar-refractivity contribution in [3.63, 3.8) is 0 Å². The number of primary amides is 1. The highest BCUT2D eigenvalue weighted by atomic mass is 19.1. The summed E-state index contributed by atoms with van der Waals surface area (Å²) in [4.78, 5) is 24.9. The number of hydrogen-bond donors (Lipinski definition) is 1. The van der Waals surface area contributed by atoms with E-state index in [1.807, 2.05) is 0 Å². The molecule has 0 aromatic heterocycles. The number of nitrogens with two attached hydrogens (primary N) is 1. The minimum Gasteiger partial charge on any atom is -0.376 e. The van der Waals surface area contributed by atoms with E-state index >= 15 is 0 Å². The normalized spacial score (nSPS) is 21.3. The number of hydrogen-bond acceptors (Lipinski definition) is 3. The second kappa shape index (κ2) is 7.04. The van der Waals surface area contributed by atoms with Gasteiger partial charge in [0.2, 0.25) is 5.91 Å². The highest BCUT2D eigenvalue weighted by molar-refractivity contribution is 5.94. The first-order valence-electron chi connectivity index (χ1n) is 7.45. The smallest absolute Gasteiger partial charge is 0.257 e. The molecule has 1 fully saturated rings. The Bertz CT molecular complexity index is 609. The fourth-order valence-corrected chi connectivity index (χ4v) is 2.93. The lowest BCUT2D eigenvalue weighted by Gasteiger charge is -2.42. The third-order valence-corrected chi connectivity index (χ3v) is 4.25. The lowest BCUT2D eigenvalue weighted by atomic mass is 9.87. The minimum absolute atomic E-state index is 0.143. The molecule has 2 amide bonds. The Morgan fingerprint density at radius 3 is 2.78 bits per heavy atom. The van der Waals surface area contributed by atoms with Gasteiger partial charge in [-0.15, -0.1) is 0 Å². The zero-order chi connectivity index (χ0) is 17.0. The highest BCUT2D eigenvalue weighted by Gasteiger charge is 2.38. The van der Waals surface area contributed by atoms with Crippen molar-refractivity contribution in [1.82, 2.24) is 4.90 Å². The van der Waals surface area contributed by atoms with Crippen molar-refractivity contribution in [2.24, 2.45) is 5.73 Å². The van der Waals surface area contributed by atoms with Crippen molar-refractivity contribution in [3.8, 4) is 0 Å². The van der Waals surface area contributed by atoms with E-state index in [-0.39, 0.29) is 18.5 Å². The Hall–Kier alpha value is -2.02. The average Bonchev–Trinajstić information content (AvgIpc) is 2.55. The molecular formula is C16H20F2N2O3. The molecule has 1 aromatic carbocycles. The predicted octanol–water partition coefficient (Wildman–Crippen LogP) is 1.85. The molecule has 5 nitrogen and oxygen atoms in total. The van der Waals surface area contributed by atoms with Gasteiger partial charge in [-0.2, -0.15) is 0 Å². The first kappa shape index (κ1) is 17.3. The zero-order valence-electron chi connectivity index (χ0n) is 13.0. The van der Waals surface area contributed by atoms with Gasteiger partial charge in [-0.05, 0) is 37.5 Å². The summed E-state index contributed by atoms with van der Waals surface area (Å²) in [7, 11) is 1.51. The maximum Gasteiger partial charge on any atom is 0.257 e. The molecule has 1 saturated heterocycles. The van der Waals surface area contributed by atoms with Crippen LogP contribution >= 0.6 is 0 Å². The Kier molecular flexibility index (Phi) is 5.30. The van der Waals surface area contributed by atoms with Crippen LogP contribution in [0.1, 0.15) is 36.0 Å². The summed E-state index contributed by atoms with van der Waals surface area (Å²) >= 11 is 0. The number of nitrogens with zero attached hydrogens (tertiary/aromatic N) is 1. The van der Waals surface area contributed by atoms with E-state index in [1.165, 1.54) is 12.0 Å². The maximum atomic E-state index is 13.8. The molecular weight excluding hydrogens is 306 g/mol. The van der Waals surface area contributed by atoms with Gasteiger partial charge in [0, 0.05) is 26.6 Å². The number of likely N-dealkylation sites (tertiary alicyclic amines) is 1. The van der Waals surface area contributed by atoms with Crippen LogP contribution in [0.15, 0.2) is 18.2 Å². The molecule has 0 unspecified atom stereocenters. The third-order valence-electron chi connectivity index (χ3n) is 4.25. The molecule has 7 heteroatoms. The van der Waals surface area contributed by atoms with E-state index < -0.39 is 29.0 Å². The van der Waals surface area contributed by atoms with Crippen molar-refractivity contribution in [2.75, 3.05) is 20.2 Å². The number of rotatable bonds is 5. The van der Waals surface area contributed by atoms with Gasteiger partial charge >= 0.3 is 0 Å². The summed E-state index contributed by atoms with van der Waals surface area (Å²) in [6.07, 6.45) is 1.85. The van der Waals surface area contributed by atoms with Gasteiger partial charge in [-0.3, -0.25) is 9.59 Å². The lowest BCUT2D eigenvalue weighted by molar-refractivity contribution is -0.121. The number of carbonyl (C=O) groups excluding carboxylic acids is 2. The quantitative estimate of drug-likeness (QED) is 0.897. The predicted molar refractivity (Wildman–Crippen MR) is 79.7 cm³/mol. The van der Waals surface area contributed by atoms with Gasteiger partial charge < -0.3 is 15.4 Å².